The van der Waals surface area contributed by atoms with Gasteiger partial charge < -0.3 is 8.85 Å². The summed E-state index contributed by atoms with van der Waals surface area (Å²) in [4.78, 5) is 0. The molecule has 0 aliphatic rings. The number of hydrogen-bond donors (Lipinski definition) is 0. The standard InChI is InChI=1S/C14H23ClO2Si/c1-3-5-6-10-13-18(15,16-4-2)17-14-11-8-7-9-12-14/h7-9,11-12H,3-6,10,13H2,1-2H3. The number of benzene rings is 1. The van der Waals surface area contributed by atoms with Crippen LogP contribution in [0.1, 0.15) is 39.5 Å². The Morgan fingerprint density at radius 3 is 2.39 bits per heavy atom. The highest BCUT2D eigenvalue weighted by Gasteiger charge is 2.37. The number of hydrogen-bond acceptors (Lipinski definition) is 2. The molecule has 1 atom stereocenters. The number of unbranched alkanes of at least 4 members (excludes halogenated alkanes) is 3. The van der Waals surface area contributed by atoms with Gasteiger partial charge in [-0.1, -0.05) is 55.5 Å². The van der Waals surface area contributed by atoms with Gasteiger partial charge in [0.05, 0.1) is 0 Å². The molecule has 1 rings (SSSR count). The Hall–Kier alpha value is -0.513. The first kappa shape index (κ1) is 15.5. The number of halogens is 1. The molecule has 0 radical (unpaired) electrons. The molecule has 0 saturated heterocycles. The van der Waals surface area contributed by atoms with E-state index in [0.29, 0.717) is 6.61 Å². The van der Waals surface area contributed by atoms with Gasteiger partial charge in [0.1, 0.15) is 5.75 Å². The monoisotopic (exact) mass is 286 g/mol. The van der Waals surface area contributed by atoms with Gasteiger partial charge in [-0.2, -0.15) is 0 Å². The van der Waals surface area contributed by atoms with Crippen LogP contribution in [0.15, 0.2) is 30.3 Å². The van der Waals surface area contributed by atoms with E-state index >= 15 is 0 Å². The van der Waals surface area contributed by atoms with Gasteiger partial charge in [0.2, 0.25) is 0 Å². The van der Waals surface area contributed by atoms with Crippen LogP contribution in [-0.4, -0.2) is 14.5 Å². The number of rotatable bonds is 9. The van der Waals surface area contributed by atoms with Gasteiger partial charge in [-0.05, 0) is 25.5 Å². The first-order valence-electron chi connectivity index (χ1n) is 6.77. The van der Waals surface area contributed by atoms with E-state index in [9.17, 15) is 0 Å². The molecule has 0 fully saturated rings. The summed E-state index contributed by atoms with van der Waals surface area (Å²) in [5.41, 5.74) is 0. The summed E-state index contributed by atoms with van der Waals surface area (Å²) in [7, 11) is -2.57. The summed E-state index contributed by atoms with van der Waals surface area (Å²) in [5, 5.41) is 0. The van der Waals surface area contributed by atoms with Crippen molar-refractivity contribution in [1.82, 2.24) is 0 Å². The van der Waals surface area contributed by atoms with Crippen LogP contribution in [0, 0.1) is 0 Å². The lowest BCUT2D eigenvalue weighted by atomic mass is 10.2. The SMILES string of the molecule is CCCCCC[Si](Cl)(OCC)Oc1ccccc1. The molecule has 0 aromatic heterocycles. The minimum Gasteiger partial charge on any atom is -0.510 e. The molecule has 1 unspecified atom stereocenters. The smallest absolute Gasteiger partial charge is 0.505 e. The van der Waals surface area contributed by atoms with Crippen molar-refractivity contribution in [3.05, 3.63) is 30.3 Å². The average Bonchev–Trinajstić information content (AvgIpc) is 2.36. The molecule has 0 aliphatic carbocycles. The quantitative estimate of drug-likeness (QED) is 0.367. The van der Waals surface area contributed by atoms with Crippen molar-refractivity contribution in [1.29, 1.82) is 0 Å². The highest BCUT2D eigenvalue weighted by molar-refractivity contribution is 7.13. The third-order valence-corrected chi connectivity index (χ3v) is 6.04. The van der Waals surface area contributed by atoms with Crippen molar-refractivity contribution in [2.75, 3.05) is 6.61 Å². The molecule has 0 aliphatic heterocycles. The number of para-hydroxylation sites is 1. The highest BCUT2D eigenvalue weighted by Crippen LogP contribution is 2.25. The van der Waals surface area contributed by atoms with E-state index < -0.39 is 7.87 Å². The lowest BCUT2D eigenvalue weighted by molar-refractivity contribution is 0.269. The fourth-order valence-corrected chi connectivity index (χ4v) is 4.69. The second-order valence-corrected chi connectivity index (χ2v) is 8.36. The Balaban J connectivity index is 2.51. The van der Waals surface area contributed by atoms with Crippen molar-refractivity contribution in [2.24, 2.45) is 0 Å². The van der Waals surface area contributed by atoms with Gasteiger partial charge in [-0.3, -0.25) is 0 Å². The molecule has 0 N–H and O–H groups in total. The summed E-state index contributed by atoms with van der Waals surface area (Å²) < 4.78 is 11.6. The third kappa shape index (κ3) is 5.89. The Labute approximate surface area is 116 Å². The largest absolute Gasteiger partial charge is 0.510 e. The summed E-state index contributed by atoms with van der Waals surface area (Å²) in [5.74, 6) is 0.808. The maximum Gasteiger partial charge on any atom is 0.505 e. The molecule has 1 aromatic carbocycles. The normalized spacial score (nSPS) is 14.2. The molecule has 102 valence electrons. The predicted molar refractivity (Wildman–Crippen MR) is 79.3 cm³/mol. The van der Waals surface area contributed by atoms with Crippen molar-refractivity contribution < 1.29 is 8.85 Å². The first-order chi connectivity index (χ1) is 8.70. The van der Waals surface area contributed by atoms with E-state index in [0.717, 1.165) is 18.2 Å². The fourth-order valence-electron chi connectivity index (χ4n) is 1.80. The highest BCUT2D eigenvalue weighted by atomic mass is 35.6. The molecule has 0 amide bonds. The third-order valence-electron chi connectivity index (χ3n) is 2.70. The van der Waals surface area contributed by atoms with Crippen molar-refractivity contribution in [2.45, 2.75) is 45.6 Å². The first-order valence-corrected chi connectivity index (χ1v) is 9.80. The lowest BCUT2D eigenvalue weighted by Crippen LogP contribution is -2.39. The van der Waals surface area contributed by atoms with Crippen LogP contribution in [0.25, 0.3) is 0 Å². The van der Waals surface area contributed by atoms with E-state index in [2.05, 4.69) is 6.92 Å². The second-order valence-electron chi connectivity index (χ2n) is 4.32. The van der Waals surface area contributed by atoms with Crippen LogP contribution < -0.4 is 4.43 Å². The zero-order valence-corrected chi connectivity index (χ0v) is 13.1. The Bertz CT molecular complexity index is 321. The Kier molecular flexibility index (Phi) is 7.40. The summed E-state index contributed by atoms with van der Waals surface area (Å²) in [6.07, 6.45) is 4.75. The summed E-state index contributed by atoms with van der Waals surface area (Å²) in [6.45, 7) is 4.77. The molecular weight excluding hydrogens is 264 g/mol. The minimum atomic E-state index is -2.57. The van der Waals surface area contributed by atoms with Crippen LogP contribution in [0.5, 0.6) is 5.75 Å². The molecule has 18 heavy (non-hydrogen) atoms. The second kappa shape index (κ2) is 8.56. The van der Waals surface area contributed by atoms with Crippen LogP contribution in [0.3, 0.4) is 0 Å². The van der Waals surface area contributed by atoms with Gasteiger partial charge in [-0.15, -0.1) is 0 Å². The van der Waals surface area contributed by atoms with Gasteiger partial charge >= 0.3 is 7.87 Å². The van der Waals surface area contributed by atoms with Crippen LogP contribution in [-0.2, 0) is 4.43 Å². The Morgan fingerprint density at radius 2 is 1.78 bits per heavy atom. The van der Waals surface area contributed by atoms with Crippen molar-refractivity contribution >= 4 is 18.9 Å². The van der Waals surface area contributed by atoms with E-state index in [-0.39, 0.29) is 0 Å². The van der Waals surface area contributed by atoms with E-state index in [1.807, 2.05) is 37.3 Å². The van der Waals surface area contributed by atoms with Gasteiger partial charge in [-0.25, -0.2) is 0 Å². The molecular formula is C14H23ClO2Si. The van der Waals surface area contributed by atoms with E-state index in [4.69, 9.17) is 19.9 Å². The minimum absolute atomic E-state index is 0.607. The lowest BCUT2D eigenvalue weighted by Gasteiger charge is -2.24. The molecule has 4 heteroatoms. The maximum absolute atomic E-state index is 6.55. The van der Waals surface area contributed by atoms with E-state index in [1.165, 1.54) is 19.3 Å². The summed E-state index contributed by atoms with van der Waals surface area (Å²) >= 11 is 6.55. The van der Waals surface area contributed by atoms with Crippen molar-refractivity contribution in [3.63, 3.8) is 0 Å². The van der Waals surface area contributed by atoms with Crippen LogP contribution in [0.2, 0.25) is 6.04 Å². The Morgan fingerprint density at radius 1 is 1.06 bits per heavy atom. The summed E-state index contributed by atoms with van der Waals surface area (Å²) in [6, 6.07) is 10.6. The van der Waals surface area contributed by atoms with Gasteiger partial charge in [0.25, 0.3) is 0 Å². The molecule has 0 spiro atoms. The van der Waals surface area contributed by atoms with E-state index in [1.54, 1.807) is 0 Å². The predicted octanol–water partition coefficient (Wildman–Crippen LogP) is 4.86. The molecule has 1 aromatic rings. The molecule has 2 nitrogen and oxygen atoms in total. The zero-order valence-electron chi connectivity index (χ0n) is 11.3. The van der Waals surface area contributed by atoms with Gasteiger partial charge in [0, 0.05) is 12.7 Å². The average molecular weight is 287 g/mol. The van der Waals surface area contributed by atoms with Crippen molar-refractivity contribution in [3.8, 4) is 5.75 Å². The fraction of sp³-hybridized carbons (Fsp3) is 0.571. The topological polar surface area (TPSA) is 18.5 Å². The molecule has 0 heterocycles. The molecule has 0 saturated carbocycles. The molecule has 0 bridgehead atoms. The maximum atomic E-state index is 6.55. The van der Waals surface area contributed by atoms with Gasteiger partial charge in [0.15, 0.2) is 0 Å². The zero-order chi connectivity index (χ0) is 13.3. The van der Waals surface area contributed by atoms with Crippen LogP contribution >= 0.6 is 11.1 Å². The van der Waals surface area contributed by atoms with Crippen LogP contribution in [0.4, 0.5) is 0 Å².